The molecule has 0 aliphatic carbocycles. The van der Waals surface area contributed by atoms with Crippen molar-refractivity contribution in [1.82, 2.24) is 4.98 Å². The Bertz CT molecular complexity index is 530. The second-order valence-corrected chi connectivity index (χ2v) is 4.93. The highest BCUT2D eigenvalue weighted by atomic mass is 35.5. The number of benzene rings is 1. The van der Waals surface area contributed by atoms with Crippen LogP contribution in [0.25, 0.3) is 0 Å². The van der Waals surface area contributed by atoms with E-state index in [9.17, 15) is 4.79 Å². The van der Waals surface area contributed by atoms with Crippen molar-refractivity contribution >= 4 is 29.7 Å². The number of carboxylic acids is 1. The number of nitrogens with two attached hydrogens (primary N) is 1. The lowest BCUT2D eigenvalue weighted by atomic mass is 10.1. The number of carboxylic acid groups (broad SMARTS) is 1. The van der Waals surface area contributed by atoms with Gasteiger partial charge in [-0.05, 0) is 12.0 Å². The van der Waals surface area contributed by atoms with E-state index in [-0.39, 0.29) is 24.9 Å². The quantitative estimate of drug-likeness (QED) is 0.889. The van der Waals surface area contributed by atoms with Crippen molar-refractivity contribution in [2.45, 2.75) is 18.9 Å². The number of thiazole rings is 1. The zero-order valence-electron chi connectivity index (χ0n) is 10.2. The molecule has 1 aromatic heterocycles. The summed E-state index contributed by atoms with van der Waals surface area (Å²) in [5, 5.41) is 11.2. The molecule has 4 nitrogen and oxygen atoms in total. The number of aromatic nitrogens is 1. The van der Waals surface area contributed by atoms with Gasteiger partial charge in [0.05, 0.1) is 18.2 Å². The van der Waals surface area contributed by atoms with E-state index in [2.05, 4.69) is 4.98 Å². The third-order valence-corrected chi connectivity index (χ3v) is 3.54. The normalized spacial score (nSPS) is 11.6. The van der Waals surface area contributed by atoms with Crippen LogP contribution in [0.15, 0.2) is 35.7 Å². The van der Waals surface area contributed by atoms with E-state index in [0.717, 1.165) is 10.6 Å². The van der Waals surface area contributed by atoms with Gasteiger partial charge in [-0.25, -0.2) is 4.98 Å². The molecule has 0 radical (unpaired) electrons. The van der Waals surface area contributed by atoms with E-state index >= 15 is 0 Å². The molecule has 0 fully saturated rings. The maximum atomic E-state index is 10.6. The summed E-state index contributed by atoms with van der Waals surface area (Å²) in [5.74, 6) is -0.872. The molecule has 0 bridgehead atoms. The van der Waals surface area contributed by atoms with Gasteiger partial charge in [0.2, 0.25) is 0 Å². The van der Waals surface area contributed by atoms with E-state index in [1.165, 1.54) is 11.3 Å². The minimum atomic E-state index is -0.872. The predicted molar refractivity (Wildman–Crippen MR) is 77.8 cm³/mol. The predicted octanol–water partition coefficient (Wildman–Crippen LogP) is 2.43. The van der Waals surface area contributed by atoms with Gasteiger partial charge >= 0.3 is 5.97 Å². The summed E-state index contributed by atoms with van der Waals surface area (Å²) in [7, 11) is 0. The van der Waals surface area contributed by atoms with E-state index < -0.39 is 5.97 Å². The Hall–Kier alpha value is -1.43. The maximum absolute atomic E-state index is 10.6. The van der Waals surface area contributed by atoms with Gasteiger partial charge in [0.15, 0.2) is 0 Å². The number of nitrogens with zero attached hydrogens (tertiary/aromatic N) is 1. The van der Waals surface area contributed by atoms with Gasteiger partial charge in [-0.3, -0.25) is 4.79 Å². The average Bonchev–Trinajstić information content (AvgIpc) is 2.78. The van der Waals surface area contributed by atoms with Gasteiger partial charge < -0.3 is 10.8 Å². The molecule has 0 saturated heterocycles. The van der Waals surface area contributed by atoms with Crippen LogP contribution in [0.4, 0.5) is 0 Å². The van der Waals surface area contributed by atoms with Gasteiger partial charge in [-0.2, -0.15) is 0 Å². The number of aliphatic carboxylic acids is 1. The van der Waals surface area contributed by atoms with Crippen molar-refractivity contribution in [3.63, 3.8) is 0 Å². The second-order valence-electron chi connectivity index (χ2n) is 4.04. The van der Waals surface area contributed by atoms with Crippen molar-refractivity contribution in [1.29, 1.82) is 0 Å². The lowest BCUT2D eigenvalue weighted by Gasteiger charge is -2.08. The molecule has 102 valence electrons. The zero-order chi connectivity index (χ0) is 13.0. The van der Waals surface area contributed by atoms with Crippen molar-refractivity contribution in [2.24, 2.45) is 5.73 Å². The molecule has 2 rings (SSSR count). The molecule has 6 heteroatoms. The average molecular weight is 299 g/mol. The molecule has 19 heavy (non-hydrogen) atoms. The molecule has 0 spiro atoms. The van der Waals surface area contributed by atoms with Crippen LogP contribution in [0.3, 0.4) is 0 Å². The summed E-state index contributed by atoms with van der Waals surface area (Å²) in [5.41, 5.74) is 7.80. The van der Waals surface area contributed by atoms with Gasteiger partial charge in [-0.1, -0.05) is 30.3 Å². The fraction of sp³-hybridized carbons (Fsp3) is 0.231. The Labute approximate surface area is 121 Å². The van der Waals surface area contributed by atoms with E-state index in [1.807, 2.05) is 30.3 Å². The van der Waals surface area contributed by atoms with Gasteiger partial charge in [0, 0.05) is 5.38 Å². The van der Waals surface area contributed by atoms with Crippen LogP contribution in [0.1, 0.15) is 22.3 Å². The largest absolute Gasteiger partial charge is 0.481 e. The molecule has 0 saturated carbocycles. The van der Waals surface area contributed by atoms with Crippen LogP contribution in [0.2, 0.25) is 0 Å². The maximum Gasteiger partial charge on any atom is 0.309 e. The second kappa shape index (κ2) is 7.23. The molecule has 1 atom stereocenters. The Kier molecular flexibility index (Phi) is 5.95. The van der Waals surface area contributed by atoms with Gasteiger partial charge in [0.25, 0.3) is 0 Å². The highest BCUT2D eigenvalue weighted by Crippen LogP contribution is 2.20. The standard InChI is InChI=1S/C13H14N2O2S.ClH/c14-11(6-9-4-2-1-3-5-9)13-15-10(8-18-13)7-12(16)17;/h1-5,8,11H,6-7,14H2,(H,16,17);1H. The van der Waals surface area contributed by atoms with Crippen LogP contribution in [0, 0.1) is 0 Å². The van der Waals surface area contributed by atoms with E-state index in [4.69, 9.17) is 10.8 Å². The summed E-state index contributed by atoms with van der Waals surface area (Å²) in [6.07, 6.45) is 0.662. The highest BCUT2D eigenvalue weighted by Gasteiger charge is 2.13. The number of rotatable bonds is 5. The first-order valence-electron chi connectivity index (χ1n) is 5.61. The zero-order valence-corrected chi connectivity index (χ0v) is 11.8. The van der Waals surface area contributed by atoms with E-state index in [1.54, 1.807) is 5.38 Å². The summed E-state index contributed by atoms with van der Waals surface area (Å²) >= 11 is 1.42. The van der Waals surface area contributed by atoms with Crippen molar-refractivity contribution in [3.05, 3.63) is 52.0 Å². The molecule has 2 aromatic rings. The molecule has 0 aliphatic rings. The Morgan fingerprint density at radius 1 is 1.37 bits per heavy atom. The van der Waals surface area contributed by atoms with Crippen LogP contribution in [-0.2, 0) is 17.6 Å². The van der Waals surface area contributed by atoms with Crippen LogP contribution in [-0.4, -0.2) is 16.1 Å². The van der Waals surface area contributed by atoms with E-state index in [0.29, 0.717) is 12.1 Å². The third kappa shape index (κ3) is 4.63. The molecule has 1 unspecified atom stereocenters. The number of halogens is 1. The highest BCUT2D eigenvalue weighted by molar-refractivity contribution is 7.09. The number of hydrogen-bond donors (Lipinski definition) is 2. The minimum absolute atomic E-state index is 0. The molecular weight excluding hydrogens is 284 g/mol. The van der Waals surface area contributed by atoms with Gasteiger partial charge in [0.1, 0.15) is 5.01 Å². The minimum Gasteiger partial charge on any atom is -0.481 e. The molecule has 0 aliphatic heterocycles. The van der Waals surface area contributed by atoms with Crippen molar-refractivity contribution in [3.8, 4) is 0 Å². The lowest BCUT2D eigenvalue weighted by Crippen LogP contribution is -2.13. The molecule has 3 N–H and O–H groups in total. The van der Waals surface area contributed by atoms with Gasteiger partial charge in [-0.15, -0.1) is 23.7 Å². The van der Waals surface area contributed by atoms with Crippen LogP contribution < -0.4 is 5.73 Å². The fourth-order valence-electron chi connectivity index (χ4n) is 1.68. The Morgan fingerprint density at radius 3 is 2.68 bits per heavy atom. The summed E-state index contributed by atoms with van der Waals surface area (Å²) in [6, 6.07) is 9.76. The first-order chi connectivity index (χ1) is 8.65. The monoisotopic (exact) mass is 298 g/mol. The first kappa shape index (κ1) is 15.6. The summed E-state index contributed by atoms with van der Waals surface area (Å²) < 4.78 is 0. The lowest BCUT2D eigenvalue weighted by molar-refractivity contribution is -0.136. The first-order valence-corrected chi connectivity index (χ1v) is 6.48. The Balaban J connectivity index is 0.00000180. The fourth-order valence-corrected chi connectivity index (χ4v) is 2.51. The third-order valence-electron chi connectivity index (χ3n) is 2.52. The molecule has 1 aromatic carbocycles. The van der Waals surface area contributed by atoms with Crippen molar-refractivity contribution < 1.29 is 9.90 Å². The number of hydrogen-bond acceptors (Lipinski definition) is 4. The topological polar surface area (TPSA) is 76.2 Å². The summed E-state index contributed by atoms with van der Waals surface area (Å²) in [4.78, 5) is 14.8. The SMILES string of the molecule is Cl.NC(Cc1ccccc1)c1nc(CC(=O)O)cs1. The molecule has 1 heterocycles. The molecular formula is C13H15ClN2O2S. The summed E-state index contributed by atoms with van der Waals surface area (Å²) in [6.45, 7) is 0. The Morgan fingerprint density at radius 2 is 2.05 bits per heavy atom. The van der Waals surface area contributed by atoms with Crippen LogP contribution >= 0.6 is 23.7 Å². The van der Waals surface area contributed by atoms with Crippen molar-refractivity contribution in [2.75, 3.05) is 0 Å². The van der Waals surface area contributed by atoms with Crippen LogP contribution in [0.5, 0.6) is 0 Å². The number of carbonyl (C=O) groups is 1. The molecule has 0 amide bonds. The smallest absolute Gasteiger partial charge is 0.309 e.